The van der Waals surface area contributed by atoms with Gasteiger partial charge in [0.2, 0.25) is 0 Å². The van der Waals surface area contributed by atoms with E-state index < -0.39 is 12.0 Å². The Morgan fingerprint density at radius 2 is 2.04 bits per heavy atom. The molecule has 2 fully saturated rings. The van der Waals surface area contributed by atoms with Crippen molar-refractivity contribution in [1.82, 2.24) is 14.7 Å². The molecule has 1 amide bonds. The minimum atomic E-state index is -0.921. The third kappa shape index (κ3) is 2.98. The topological polar surface area (TPSA) is 75.4 Å². The molecule has 1 aromatic heterocycles. The molecule has 0 bridgehead atoms. The van der Waals surface area contributed by atoms with E-state index in [2.05, 4.69) is 5.10 Å². The van der Waals surface area contributed by atoms with E-state index in [0.717, 1.165) is 31.4 Å². The van der Waals surface area contributed by atoms with Crippen molar-refractivity contribution in [3.63, 3.8) is 0 Å². The number of hydrogen-bond donors (Lipinski definition) is 1. The van der Waals surface area contributed by atoms with Gasteiger partial charge in [0.25, 0.3) is 5.91 Å². The number of carboxylic acid groups (broad SMARTS) is 1. The summed E-state index contributed by atoms with van der Waals surface area (Å²) in [6, 6.07) is 6.47. The lowest BCUT2D eigenvalue weighted by Gasteiger charge is -2.32. The Hall–Kier alpha value is -2.34. The van der Waals surface area contributed by atoms with E-state index >= 15 is 0 Å². The fourth-order valence-electron chi connectivity index (χ4n) is 4.31. The molecule has 136 valence electrons. The highest BCUT2D eigenvalue weighted by Crippen LogP contribution is 2.40. The van der Waals surface area contributed by atoms with Crippen LogP contribution in [0.4, 0.5) is 0 Å². The fraction of sp³-hybridized carbons (Fsp3) is 0.421. The third-order valence-corrected chi connectivity index (χ3v) is 5.74. The van der Waals surface area contributed by atoms with Crippen LogP contribution in [0.3, 0.4) is 0 Å². The second kappa shape index (κ2) is 6.76. The van der Waals surface area contributed by atoms with Crippen LogP contribution in [0.25, 0.3) is 5.69 Å². The van der Waals surface area contributed by atoms with Crippen LogP contribution < -0.4 is 0 Å². The van der Waals surface area contributed by atoms with Crippen molar-refractivity contribution in [2.24, 2.45) is 5.92 Å². The maximum atomic E-state index is 13.1. The molecular weight excluding hydrogens is 354 g/mol. The number of carboxylic acids is 1. The molecule has 1 aromatic carbocycles. The highest BCUT2D eigenvalue weighted by molar-refractivity contribution is 6.30. The number of fused-ring (bicyclic) bond motifs is 1. The van der Waals surface area contributed by atoms with E-state index in [-0.39, 0.29) is 17.9 Å². The summed E-state index contributed by atoms with van der Waals surface area (Å²) in [5, 5.41) is 14.5. The zero-order valence-corrected chi connectivity index (χ0v) is 15.0. The van der Waals surface area contributed by atoms with Crippen molar-refractivity contribution >= 4 is 23.5 Å². The second-order valence-corrected chi connectivity index (χ2v) is 7.50. The van der Waals surface area contributed by atoms with Gasteiger partial charge in [-0.25, -0.2) is 9.48 Å². The largest absolute Gasteiger partial charge is 0.480 e. The molecule has 3 unspecified atom stereocenters. The van der Waals surface area contributed by atoms with E-state index in [4.69, 9.17) is 11.6 Å². The number of aromatic nitrogens is 2. The maximum Gasteiger partial charge on any atom is 0.326 e. The zero-order valence-electron chi connectivity index (χ0n) is 14.2. The van der Waals surface area contributed by atoms with Gasteiger partial charge in [0.1, 0.15) is 6.04 Å². The Bertz CT molecular complexity index is 850. The van der Waals surface area contributed by atoms with Crippen molar-refractivity contribution in [3.05, 3.63) is 47.2 Å². The number of nitrogens with zero attached hydrogens (tertiary/aromatic N) is 3. The van der Waals surface area contributed by atoms with Crippen molar-refractivity contribution in [1.29, 1.82) is 0 Å². The molecule has 1 N–H and O–H groups in total. The number of likely N-dealkylation sites (tertiary alicyclic amines) is 1. The lowest BCUT2D eigenvalue weighted by Crippen LogP contribution is -2.46. The number of benzene rings is 1. The summed E-state index contributed by atoms with van der Waals surface area (Å²) in [7, 11) is 0. The zero-order chi connectivity index (χ0) is 18.3. The molecule has 2 aromatic rings. The van der Waals surface area contributed by atoms with Gasteiger partial charge in [0.05, 0.1) is 17.4 Å². The number of rotatable bonds is 3. The van der Waals surface area contributed by atoms with E-state index in [0.29, 0.717) is 17.0 Å². The van der Waals surface area contributed by atoms with Gasteiger partial charge in [-0.05, 0) is 43.4 Å². The molecular formula is C19H20ClN3O3. The Morgan fingerprint density at radius 3 is 2.81 bits per heavy atom. The summed E-state index contributed by atoms with van der Waals surface area (Å²) in [6.07, 6.45) is 7.72. The summed E-state index contributed by atoms with van der Waals surface area (Å²) < 4.78 is 1.59. The van der Waals surface area contributed by atoms with Crippen LogP contribution in [0.2, 0.25) is 5.02 Å². The summed E-state index contributed by atoms with van der Waals surface area (Å²) in [4.78, 5) is 26.4. The predicted molar refractivity (Wildman–Crippen MR) is 96.5 cm³/mol. The van der Waals surface area contributed by atoms with Gasteiger partial charge in [0, 0.05) is 17.3 Å². The minimum Gasteiger partial charge on any atom is -0.480 e. The van der Waals surface area contributed by atoms with Gasteiger partial charge in [-0.2, -0.15) is 5.10 Å². The first-order chi connectivity index (χ1) is 12.5. The van der Waals surface area contributed by atoms with E-state index in [1.165, 1.54) is 6.20 Å². The first-order valence-electron chi connectivity index (χ1n) is 8.90. The van der Waals surface area contributed by atoms with Gasteiger partial charge >= 0.3 is 5.97 Å². The van der Waals surface area contributed by atoms with Crippen molar-refractivity contribution < 1.29 is 14.7 Å². The Labute approximate surface area is 156 Å². The molecule has 7 heteroatoms. The lowest BCUT2D eigenvalue weighted by molar-refractivity contribution is -0.141. The average molecular weight is 374 g/mol. The smallest absolute Gasteiger partial charge is 0.326 e. The number of amides is 1. The summed E-state index contributed by atoms with van der Waals surface area (Å²) in [5.41, 5.74) is 1.16. The van der Waals surface area contributed by atoms with Crippen LogP contribution in [-0.4, -0.2) is 43.7 Å². The predicted octanol–water partition coefficient (Wildman–Crippen LogP) is 3.38. The molecule has 2 aliphatic rings. The summed E-state index contributed by atoms with van der Waals surface area (Å²) >= 11 is 6.02. The molecule has 1 saturated heterocycles. The van der Waals surface area contributed by atoms with Crippen LogP contribution in [0.5, 0.6) is 0 Å². The molecule has 1 aliphatic heterocycles. The highest BCUT2D eigenvalue weighted by atomic mass is 35.5. The van der Waals surface area contributed by atoms with Crippen molar-refractivity contribution in [2.45, 2.75) is 44.2 Å². The molecule has 0 radical (unpaired) electrons. The number of aliphatic carboxylic acids is 1. The number of halogens is 1. The SMILES string of the molecule is O=C(O)C1CC2CCCCC2N1C(=O)c1cnn(-c2cccc(Cl)c2)c1. The molecule has 0 spiro atoms. The number of hydrogen-bond acceptors (Lipinski definition) is 3. The number of carbonyl (C=O) groups excluding carboxylic acids is 1. The van der Waals surface area contributed by atoms with E-state index in [1.54, 1.807) is 27.9 Å². The lowest BCUT2D eigenvalue weighted by atomic mass is 9.84. The Balaban J connectivity index is 1.63. The molecule has 26 heavy (non-hydrogen) atoms. The van der Waals surface area contributed by atoms with E-state index in [1.807, 2.05) is 12.1 Å². The van der Waals surface area contributed by atoms with Gasteiger partial charge in [-0.3, -0.25) is 4.79 Å². The van der Waals surface area contributed by atoms with Gasteiger partial charge in [-0.15, -0.1) is 0 Å². The molecule has 1 aliphatic carbocycles. The highest BCUT2D eigenvalue weighted by Gasteiger charge is 2.47. The summed E-state index contributed by atoms with van der Waals surface area (Å²) in [5.74, 6) is -0.883. The minimum absolute atomic E-state index is 0.0202. The molecule has 3 atom stereocenters. The molecule has 1 saturated carbocycles. The Morgan fingerprint density at radius 1 is 1.23 bits per heavy atom. The maximum absolute atomic E-state index is 13.1. The van der Waals surface area contributed by atoms with Crippen LogP contribution in [0.15, 0.2) is 36.7 Å². The second-order valence-electron chi connectivity index (χ2n) is 7.07. The van der Waals surface area contributed by atoms with Gasteiger partial charge < -0.3 is 10.0 Å². The first kappa shape index (κ1) is 17.1. The van der Waals surface area contributed by atoms with Crippen molar-refractivity contribution in [2.75, 3.05) is 0 Å². The third-order valence-electron chi connectivity index (χ3n) is 5.51. The van der Waals surface area contributed by atoms with Gasteiger partial charge in [0.15, 0.2) is 0 Å². The standard InChI is InChI=1S/C19H20ClN3O3/c20-14-5-3-6-15(9-14)22-11-13(10-21-22)18(24)23-16-7-2-1-4-12(16)8-17(23)19(25)26/h3,5-6,9-12,16-17H,1-2,4,7-8H2,(H,25,26). The van der Waals surface area contributed by atoms with E-state index in [9.17, 15) is 14.7 Å². The van der Waals surface area contributed by atoms with Crippen LogP contribution >= 0.6 is 11.6 Å². The fourth-order valence-corrected chi connectivity index (χ4v) is 4.50. The Kier molecular flexibility index (Phi) is 4.44. The van der Waals surface area contributed by atoms with Gasteiger partial charge in [-0.1, -0.05) is 30.5 Å². The summed E-state index contributed by atoms with van der Waals surface area (Å²) in [6.45, 7) is 0. The van der Waals surface area contributed by atoms with Crippen LogP contribution in [0.1, 0.15) is 42.5 Å². The average Bonchev–Trinajstić information content (AvgIpc) is 3.26. The first-order valence-corrected chi connectivity index (χ1v) is 9.28. The van der Waals surface area contributed by atoms with Crippen molar-refractivity contribution in [3.8, 4) is 5.69 Å². The van der Waals surface area contributed by atoms with Crippen LogP contribution in [0, 0.1) is 5.92 Å². The quantitative estimate of drug-likeness (QED) is 0.894. The normalized spacial score (nSPS) is 25.1. The molecule has 4 rings (SSSR count). The monoisotopic (exact) mass is 373 g/mol. The molecule has 2 heterocycles. The van der Waals surface area contributed by atoms with Crippen LogP contribution in [-0.2, 0) is 4.79 Å². The number of carbonyl (C=O) groups is 2. The molecule has 6 nitrogen and oxygen atoms in total.